The molecule has 0 bridgehead atoms. The highest BCUT2D eigenvalue weighted by Crippen LogP contribution is 2.13. The molecule has 2 aromatic rings. The molecule has 1 saturated heterocycles. The van der Waals surface area contributed by atoms with E-state index in [1.807, 2.05) is 19.2 Å². The van der Waals surface area contributed by atoms with Crippen LogP contribution in [0.5, 0.6) is 5.75 Å². The molecule has 0 radical (unpaired) electrons. The number of ether oxygens (including phenoxy) is 2. The van der Waals surface area contributed by atoms with Gasteiger partial charge in [-0.05, 0) is 41.7 Å². The zero-order valence-corrected chi connectivity index (χ0v) is 20.9. The smallest absolute Gasteiger partial charge is 0.191 e. The van der Waals surface area contributed by atoms with Crippen LogP contribution < -0.4 is 15.4 Å². The lowest BCUT2D eigenvalue weighted by Gasteiger charge is -2.27. The third kappa shape index (κ3) is 8.66. The Bertz CT molecular complexity index is 792. The number of benzene rings is 2. The number of hydrogen-bond acceptors (Lipinski definition) is 4. The summed E-state index contributed by atoms with van der Waals surface area (Å²) in [6.45, 7) is 6.26. The van der Waals surface area contributed by atoms with E-state index in [1.165, 1.54) is 16.7 Å². The molecule has 1 aliphatic rings. The Hall–Kier alpha value is -1.84. The summed E-state index contributed by atoms with van der Waals surface area (Å²) in [5.41, 5.74) is 3.99. The average molecular weight is 538 g/mol. The largest absolute Gasteiger partial charge is 0.497 e. The van der Waals surface area contributed by atoms with Crippen LogP contribution >= 0.6 is 24.0 Å². The number of morpholine rings is 1. The molecule has 170 valence electrons. The highest BCUT2D eigenvalue weighted by atomic mass is 127. The number of rotatable bonds is 9. The van der Waals surface area contributed by atoms with Gasteiger partial charge in [-0.1, -0.05) is 36.4 Å². The molecule has 0 saturated carbocycles. The van der Waals surface area contributed by atoms with Crippen molar-refractivity contribution in [1.29, 1.82) is 0 Å². The van der Waals surface area contributed by atoms with E-state index in [0.717, 1.165) is 70.5 Å². The van der Waals surface area contributed by atoms with Crippen molar-refractivity contribution in [3.05, 3.63) is 65.2 Å². The summed E-state index contributed by atoms with van der Waals surface area (Å²) in [7, 11) is 3.51. The maximum Gasteiger partial charge on any atom is 0.191 e. The van der Waals surface area contributed by atoms with Crippen LogP contribution in [0.4, 0.5) is 0 Å². The molecule has 3 rings (SSSR count). The van der Waals surface area contributed by atoms with E-state index in [1.54, 1.807) is 7.11 Å². The first-order valence-electron chi connectivity index (χ1n) is 10.7. The van der Waals surface area contributed by atoms with E-state index in [0.29, 0.717) is 0 Å². The summed E-state index contributed by atoms with van der Waals surface area (Å²) in [5, 5.41) is 6.88. The number of nitrogens with one attached hydrogen (secondary N) is 2. The number of hydrogen-bond donors (Lipinski definition) is 2. The molecule has 0 amide bonds. The Kier molecular flexibility index (Phi) is 11.7. The Balaban J connectivity index is 0.00000341. The fourth-order valence-corrected chi connectivity index (χ4v) is 3.58. The molecule has 1 heterocycles. The third-order valence-electron chi connectivity index (χ3n) is 5.38. The van der Waals surface area contributed by atoms with Gasteiger partial charge in [0.15, 0.2) is 5.96 Å². The molecule has 0 spiro atoms. The summed E-state index contributed by atoms with van der Waals surface area (Å²) in [4.78, 5) is 6.82. The minimum absolute atomic E-state index is 0. The standard InChI is InChI=1S/C24H34N4O2.HI/c1-25-24(26-13-5-6-20-9-11-23(29-2)12-10-20)27-18-21-7-3-4-8-22(21)19-28-14-16-30-17-15-28;/h3-4,7-12H,5-6,13-19H2,1-2H3,(H2,25,26,27);1H. The molecule has 6 nitrogen and oxygen atoms in total. The van der Waals surface area contributed by atoms with Crippen molar-refractivity contribution in [2.45, 2.75) is 25.9 Å². The molecular formula is C24H35IN4O2. The van der Waals surface area contributed by atoms with Crippen LogP contribution in [0.15, 0.2) is 53.5 Å². The van der Waals surface area contributed by atoms with Gasteiger partial charge < -0.3 is 20.1 Å². The minimum Gasteiger partial charge on any atom is -0.497 e. The van der Waals surface area contributed by atoms with Gasteiger partial charge in [0.2, 0.25) is 0 Å². The highest BCUT2D eigenvalue weighted by molar-refractivity contribution is 14.0. The second kappa shape index (κ2) is 14.3. The zero-order chi connectivity index (χ0) is 21.0. The second-order valence-corrected chi connectivity index (χ2v) is 7.46. The minimum atomic E-state index is 0. The topological polar surface area (TPSA) is 58.1 Å². The fraction of sp³-hybridized carbons (Fsp3) is 0.458. The first kappa shape index (κ1) is 25.4. The predicted octanol–water partition coefficient (Wildman–Crippen LogP) is 3.44. The van der Waals surface area contributed by atoms with Gasteiger partial charge in [0.1, 0.15) is 5.75 Å². The van der Waals surface area contributed by atoms with Gasteiger partial charge >= 0.3 is 0 Å². The quantitative estimate of drug-likeness (QED) is 0.222. The van der Waals surface area contributed by atoms with Gasteiger partial charge in [-0.15, -0.1) is 24.0 Å². The lowest BCUT2D eigenvalue weighted by atomic mass is 10.1. The Morgan fingerprint density at radius 3 is 2.42 bits per heavy atom. The Labute approximate surface area is 203 Å². The zero-order valence-electron chi connectivity index (χ0n) is 18.6. The van der Waals surface area contributed by atoms with Crippen molar-refractivity contribution in [2.24, 2.45) is 4.99 Å². The molecule has 1 fully saturated rings. The van der Waals surface area contributed by atoms with Crippen LogP contribution in [-0.2, 0) is 24.2 Å². The van der Waals surface area contributed by atoms with Crippen molar-refractivity contribution in [3.63, 3.8) is 0 Å². The van der Waals surface area contributed by atoms with Gasteiger partial charge in [0, 0.05) is 39.8 Å². The van der Waals surface area contributed by atoms with E-state index < -0.39 is 0 Å². The van der Waals surface area contributed by atoms with Gasteiger partial charge in [-0.2, -0.15) is 0 Å². The number of aryl methyl sites for hydroxylation is 1. The SMILES string of the molecule is CN=C(NCCCc1ccc(OC)cc1)NCc1ccccc1CN1CCOCC1.I. The first-order valence-corrected chi connectivity index (χ1v) is 10.7. The molecular weight excluding hydrogens is 503 g/mol. The Morgan fingerprint density at radius 2 is 1.74 bits per heavy atom. The molecule has 0 unspecified atom stereocenters. The van der Waals surface area contributed by atoms with Crippen LogP contribution in [0.1, 0.15) is 23.1 Å². The summed E-state index contributed by atoms with van der Waals surface area (Å²) in [5.74, 6) is 1.74. The van der Waals surface area contributed by atoms with Gasteiger partial charge in [-0.3, -0.25) is 9.89 Å². The molecule has 7 heteroatoms. The van der Waals surface area contributed by atoms with Gasteiger partial charge in [-0.25, -0.2) is 0 Å². The van der Waals surface area contributed by atoms with E-state index in [9.17, 15) is 0 Å². The molecule has 0 aliphatic carbocycles. The maximum atomic E-state index is 5.46. The number of aliphatic imine (C=N–C) groups is 1. The van der Waals surface area contributed by atoms with E-state index in [4.69, 9.17) is 9.47 Å². The van der Waals surface area contributed by atoms with Crippen LogP contribution in [-0.4, -0.2) is 57.9 Å². The third-order valence-corrected chi connectivity index (χ3v) is 5.38. The van der Waals surface area contributed by atoms with Crippen molar-refractivity contribution < 1.29 is 9.47 Å². The van der Waals surface area contributed by atoms with Crippen molar-refractivity contribution >= 4 is 29.9 Å². The average Bonchev–Trinajstić information content (AvgIpc) is 2.80. The van der Waals surface area contributed by atoms with Gasteiger partial charge in [0.25, 0.3) is 0 Å². The number of methoxy groups -OCH3 is 1. The number of guanidine groups is 1. The van der Waals surface area contributed by atoms with Crippen LogP contribution in [0.3, 0.4) is 0 Å². The van der Waals surface area contributed by atoms with Crippen LogP contribution in [0.2, 0.25) is 0 Å². The Morgan fingerprint density at radius 1 is 1.03 bits per heavy atom. The second-order valence-electron chi connectivity index (χ2n) is 7.46. The molecule has 1 aliphatic heterocycles. The lowest BCUT2D eigenvalue weighted by molar-refractivity contribution is 0.0341. The van der Waals surface area contributed by atoms with Crippen molar-refractivity contribution in [2.75, 3.05) is 47.0 Å². The van der Waals surface area contributed by atoms with Gasteiger partial charge in [0.05, 0.1) is 20.3 Å². The normalized spacial score (nSPS) is 14.6. The fourth-order valence-electron chi connectivity index (χ4n) is 3.58. The highest BCUT2D eigenvalue weighted by Gasteiger charge is 2.12. The van der Waals surface area contributed by atoms with E-state index in [2.05, 4.69) is 56.9 Å². The number of halogens is 1. The maximum absolute atomic E-state index is 5.46. The van der Waals surface area contributed by atoms with E-state index in [-0.39, 0.29) is 24.0 Å². The first-order chi connectivity index (χ1) is 14.8. The molecule has 0 aromatic heterocycles. The molecule has 31 heavy (non-hydrogen) atoms. The summed E-state index contributed by atoms with van der Waals surface area (Å²) < 4.78 is 10.7. The van der Waals surface area contributed by atoms with Crippen molar-refractivity contribution in [3.8, 4) is 5.75 Å². The summed E-state index contributed by atoms with van der Waals surface area (Å²) >= 11 is 0. The molecule has 2 aromatic carbocycles. The predicted molar refractivity (Wildman–Crippen MR) is 137 cm³/mol. The summed E-state index contributed by atoms with van der Waals surface area (Å²) in [6, 6.07) is 16.9. The number of nitrogens with zero attached hydrogens (tertiary/aromatic N) is 2. The summed E-state index contributed by atoms with van der Waals surface area (Å²) in [6.07, 6.45) is 2.07. The van der Waals surface area contributed by atoms with E-state index >= 15 is 0 Å². The van der Waals surface area contributed by atoms with Crippen molar-refractivity contribution in [1.82, 2.24) is 15.5 Å². The van der Waals surface area contributed by atoms with Crippen LogP contribution in [0, 0.1) is 0 Å². The molecule has 2 N–H and O–H groups in total. The monoisotopic (exact) mass is 538 g/mol. The lowest BCUT2D eigenvalue weighted by Crippen LogP contribution is -2.38. The van der Waals surface area contributed by atoms with Crippen LogP contribution in [0.25, 0.3) is 0 Å². The molecule has 0 atom stereocenters.